The zero-order chi connectivity index (χ0) is 20.1. The minimum Gasteiger partial charge on any atom is -0.369 e. The van der Waals surface area contributed by atoms with Crippen LogP contribution in [-0.4, -0.2) is 56.5 Å². The number of benzene rings is 2. The lowest BCUT2D eigenvalue weighted by atomic mass is 10.1. The maximum absolute atomic E-state index is 12.7. The molecule has 28 heavy (non-hydrogen) atoms. The molecule has 1 saturated heterocycles. The summed E-state index contributed by atoms with van der Waals surface area (Å²) in [6.07, 6.45) is 0. The molecule has 0 aromatic heterocycles. The quantitative estimate of drug-likeness (QED) is 0.837. The summed E-state index contributed by atoms with van der Waals surface area (Å²) in [7, 11) is 2.13. The van der Waals surface area contributed by atoms with Gasteiger partial charge in [0.05, 0.1) is 0 Å². The van der Waals surface area contributed by atoms with Gasteiger partial charge in [-0.05, 0) is 62.9 Å². The van der Waals surface area contributed by atoms with Crippen molar-refractivity contribution in [2.24, 2.45) is 0 Å². The van der Waals surface area contributed by atoms with Gasteiger partial charge in [-0.15, -0.1) is 0 Å². The van der Waals surface area contributed by atoms with Crippen LogP contribution in [0.15, 0.2) is 42.5 Å². The Morgan fingerprint density at radius 1 is 0.929 bits per heavy atom. The molecule has 0 spiro atoms. The van der Waals surface area contributed by atoms with E-state index in [4.69, 9.17) is 0 Å². The van der Waals surface area contributed by atoms with Crippen molar-refractivity contribution in [2.75, 3.05) is 50.0 Å². The van der Waals surface area contributed by atoms with Crippen LogP contribution < -0.4 is 15.5 Å². The van der Waals surface area contributed by atoms with E-state index in [0.29, 0.717) is 23.4 Å². The van der Waals surface area contributed by atoms with Gasteiger partial charge in [0.2, 0.25) is 0 Å². The molecule has 2 aromatic carbocycles. The van der Waals surface area contributed by atoms with Gasteiger partial charge in [0.25, 0.3) is 11.8 Å². The van der Waals surface area contributed by atoms with Gasteiger partial charge >= 0.3 is 0 Å². The Morgan fingerprint density at radius 2 is 1.57 bits per heavy atom. The van der Waals surface area contributed by atoms with Gasteiger partial charge in [0.15, 0.2) is 0 Å². The van der Waals surface area contributed by atoms with Crippen LogP contribution in [0.3, 0.4) is 0 Å². The molecule has 2 amide bonds. The van der Waals surface area contributed by atoms with Crippen molar-refractivity contribution in [1.82, 2.24) is 10.2 Å². The van der Waals surface area contributed by atoms with E-state index in [9.17, 15) is 9.59 Å². The number of piperazine rings is 1. The average molecular weight is 380 g/mol. The van der Waals surface area contributed by atoms with Crippen molar-refractivity contribution >= 4 is 23.2 Å². The summed E-state index contributed by atoms with van der Waals surface area (Å²) in [4.78, 5) is 29.4. The smallest absolute Gasteiger partial charge is 0.255 e. The zero-order valence-electron chi connectivity index (χ0n) is 16.8. The fraction of sp³-hybridized carbons (Fsp3) is 0.364. The highest BCUT2D eigenvalue weighted by atomic mass is 16.2. The second kappa shape index (κ2) is 8.89. The molecule has 148 valence electrons. The number of nitrogens with zero attached hydrogens (tertiary/aromatic N) is 2. The Morgan fingerprint density at radius 3 is 2.21 bits per heavy atom. The first-order valence-electron chi connectivity index (χ1n) is 9.71. The van der Waals surface area contributed by atoms with Crippen molar-refractivity contribution < 1.29 is 9.59 Å². The lowest BCUT2D eigenvalue weighted by Gasteiger charge is -2.34. The van der Waals surface area contributed by atoms with Crippen LogP contribution in [0.25, 0.3) is 0 Å². The van der Waals surface area contributed by atoms with Crippen LogP contribution in [0.4, 0.5) is 11.4 Å². The summed E-state index contributed by atoms with van der Waals surface area (Å²) < 4.78 is 0. The second-order valence-corrected chi connectivity index (χ2v) is 7.18. The SMILES string of the molecule is CCNC(=O)c1ccc(C)c(NC(=O)c2ccc(N3CCN(C)CC3)cc2)c1. The predicted octanol–water partition coefficient (Wildman–Crippen LogP) is 2.75. The summed E-state index contributed by atoms with van der Waals surface area (Å²) in [6.45, 7) is 8.43. The topological polar surface area (TPSA) is 64.7 Å². The molecule has 0 radical (unpaired) electrons. The first-order chi connectivity index (χ1) is 13.5. The molecule has 0 atom stereocenters. The monoisotopic (exact) mass is 380 g/mol. The number of carbonyl (C=O) groups excluding carboxylic acids is 2. The highest BCUT2D eigenvalue weighted by molar-refractivity contribution is 6.05. The Labute approximate surface area is 166 Å². The van der Waals surface area contributed by atoms with Gasteiger partial charge in [-0.1, -0.05) is 6.07 Å². The van der Waals surface area contributed by atoms with Gasteiger partial charge in [0.1, 0.15) is 0 Å². The van der Waals surface area contributed by atoms with Gasteiger partial charge in [-0.2, -0.15) is 0 Å². The van der Waals surface area contributed by atoms with Gasteiger partial charge < -0.3 is 20.4 Å². The third-order valence-corrected chi connectivity index (χ3v) is 5.08. The maximum Gasteiger partial charge on any atom is 0.255 e. The molecule has 2 aromatic rings. The van der Waals surface area contributed by atoms with Crippen LogP contribution in [0.2, 0.25) is 0 Å². The van der Waals surface area contributed by atoms with Crippen LogP contribution in [-0.2, 0) is 0 Å². The van der Waals surface area contributed by atoms with E-state index in [-0.39, 0.29) is 11.8 Å². The normalized spacial score (nSPS) is 14.6. The number of rotatable bonds is 5. The minimum absolute atomic E-state index is 0.144. The molecule has 0 aliphatic carbocycles. The molecular formula is C22H28N4O2. The number of aryl methyl sites for hydroxylation is 1. The Bertz CT molecular complexity index is 840. The molecule has 0 unspecified atom stereocenters. The largest absolute Gasteiger partial charge is 0.369 e. The number of likely N-dealkylation sites (N-methyl/N-ethyl adjacent to an activating group) is 1. The molecule has 1 aliphatic rings. The maximum atomic E-state index is 12.7. The van der Waals surface area contributed by atoms with E-state index in [1.54, 1.807) is 12.1 Å². The summed E-state index contributed by atoms with van der Waals surface area (Å²) in [5.41, 5.74) is 3.83. The fourth-order valence-corrected chi connectivity index (χ4v) is 3.24. The number of amides is 2. The fourth-order valence-electron chi connectivity index (χ4n) is 3.24. The highest BCUT2D eigenvalue weighted by Gasteiger charge is 2.15. The molecule has 1 fully saturated rings. The van der Waals surface area contributed by atoms with Crippen LogP contribution >= 0.6 is 0 Å². The first kappa shape index (κ1) is 19.9. The van der Waals surface area contributed by atoms with Gasteiger partial charge in [0, 0.05) is 55.2 Å². The first-order valence-corrected chi connectivity index (χ1v) is 9.71. The van der Waals surface area contributed by atoms with Gasteiger partial charge in [-0.3, -0.25) is 9.59 Å². The molecule has 1 aliphatic heterocycles. The number of anilines is 2. The summed E-state index contributed by atoms with van der Waals surface area (Å²) in [6, 6.07) is 13.0. The van der Waals surface area contributed by atoms with Crippen LogP contribution in [0, 0.1) is 6.92 Å². The third kappa shape index (κ3) is 4.70. The second-order valence-electron chi connectivity index (χ2n) is 7.18. The summed E-state index contributed by atoms with van der Waals surface area (Å²) >= 11 is 0. The van der Waals surface area contributed by atoms with E-state index < -0.39 is 0 Å². The molecule has 6 nitrogen and oxygen atoms in total. The standard InChI is InChI=1S/C22H28N4O2/c1-4-23-21(27)18-6-5-16(2)20(15-18)24-22(28)17-7-9-19(10-8-17)26-13-11-25(3)12-14-26/h5-10,15H,4,11-14H2,1-3H3,(H,23,27)(H,24,28). The lowest BCUT2D eigenvalue weighted by Crippen LogP contribution is -2.44. The van der Waals surface area contributed by atoms with E-state index in [0.717, 1.165) is 37.4 Å². The highest BCUT2D eigenvalue weighted by Crippen LogP contribution is 2.20. The average Bonchev–Trinajstić information content (AvgIpc) is 2.70. The van der Waals surface area contributed by atoms with Crippen molar-refractivity contribution in [3.05, 3.63) is 59.2 Å². The molecule has 6 heteroatoms. The van der Waals surface area contributed by atoms with E-state index >= 15 is 0 Å². The van der Waals surface area contributed by atoms with Crippen LogP contribution in [0.5, 0.6) is 0 Å². The number of hydrogen-bond acceptors (Lipinski definition) is 4. The Balaban J connectivity index is 1.69. The lowest BCUT2D eigenvalue weighted by molar-refractivity contribution is 0.0954. The van der Waals surface area contributed by atoms with Crippen molar-refractivity contribution in [1.29, 1.82) is 0 Å². The van der Waals surface area contributed by atoms with Crippen molar-refractivity contribution in [3.63, 3.8) is 0 Å². The number of carbonyl (C=O) groups is 2. The summed E-state index contributed by atoms with van der Waals surface area (Å²) in [5, 5.41) is 5.70. The number of nitrogens with one attached hydrogen (secondary N) is 2. The molecular weight excluding hydrogens is 352 g/mol. The van der Waals surface area contributed by atoms with Gasteiger partial charge in [-0.25, -0.2) is 0 Å². The Hall–Kier alpha value is -2.86. The van der Waals surface area contributed by atoms with Crippen LogP contribution in [0.1, 0.15) is 33.2 Å². The molecule has 3 rings (SSSR count). The summed E-state index contributed by atoms with van der Waals surface area (Å²) in [5.74, 6) is -0.324. The molecule has 1 heterocycles. The molecule has 2 N–H and O–H groups in total. The third-order valence-electron chi connectivity index (χ3n) is 5.08. The number of hydrogen-bond donors (Lipinski definition) is 2. The van der Waals surface area contributed by atoms with E-state index in [1.165, 1.54) is 0 Å². The van der Waals surface area contributed by atoms with Crippen molar-refractivity contribution in [2.45, 2.75) is 13.8 Å². The molecule has 0 bridgehead atoms. The van der Waals surface area contributed by atoms with Crippen molar-refractivity contribution in [3.8, 4) is 0 Å². The molecule has 0 saturated carbocycles. The van der Waals surface area contributed by atoms with E-state index in [1.807, 2.05) is 44.2 Å². The van der Waals surface area contributed by atoms with E-state index in [2.05, 4.69) is 27.5 Å². The minimum atomic E-state index is -0.180. The predicted molar refractivity (Wildman–Crippen MR) is 113 cm³/mol. The zero-order valence-corrected chi connectivity index (χ0v) is 16.8. The Kier molecular flexibility index (Phi) is 6.31.